The summed E-state index contributed by atoms with van der Waals surface area (Å²) in [6.07, 6.45) is 4.79. The van der Waals surface area contributed by atoms with E-state index in [0.717, 1.165) is 18.4 Å². The van der Waals surface area contributed by atoms with Crippen molar-refractivity contribution in [1.29, 1.82) is 0 Å². The van der Waals surface area contributed by atoms with Crippen LogP contribution in [0.25, 0.3) is 10.9 Å². The van der Waals surface area contributed by atoms with Crippen molar-refractivity contribution in [2.24, 2.45) is 5.92 Å². The second kappa shape index (κ2) is 6.74. The van der Waals surface area contributed by atoms with Crippen LogP contribution < -0.4 is 5.32 Å². The van der Waals surface area contributed by atoms with E-state index < -0.39 is 9.84 Å². The Morgan fingerprint density at radius 3 is 2.91 bits per heavy atom. The van der Waals surface area contributed by atoms with E-state index in [0.29, 0.717) is 19.4 Å². The van der Waals surface area contributed by atoms with E-state index in [2.05, 4.69) is 16.4 Å². The number of hydrogen-bond donors (Lipinski definition) is 2. The zero-order valence-corrected chi connectivity index (χ0v) is 13.9. The molecule has 0 aliphatic carbocycles. The molecule has 0 saturated carbocycles. The van der Waals surface area contributed by atoms with Crippen molar-refractivity contribution in [1.82, 2.24) is 10.3 Å². The van der Waals surface area contributed by atoms with Crippen molar-refractivity contribution in [3.63, 3.8) is 0 Å². The van der Waals surface area contributed by atoms with Gasteiger partial charge in [0.2, 0.25) is 5.91 Å². The third-order valence-corrected chi connectivity index (χ3v) is 6.28. The molecular weight excluding hydrogens is 312 g/mol. The summed E-state index contributed by atoms with van der Waals surface area (Å²) in [7, 11) is -2.87. The predicted molar refractivity (Wildman–Crippen MR) is 91.0 cm³/mol. The molecule has 0 radical (unpaired) electrons. The number of aryl methyl sites for hydroxylation is 1. The summed E-state index contributed by atoms with van der Waals surface area (Å²) < 4.78 is 22.8. The first-order valence-electron chi connectivity index (χ1n) is 8.05. The van der Waals surface area contributed by atoms with E-state index >= 15 is 0 Å². The van der Waals surface area contributed by atoms with Crippen molar-refractivity contribution >= 4 is 26.6 Å². The molecule has 5 nitrogen and oxygen atoms in total. The van der Waals surface area contributed by atoms with E-state index in [1.54, 1.807) is 0 Å². The van der Waals surface area contributed by atoms with Crippen LogP contribution in [0.4, 0.5) is 0 Å². The second-order valence-electron chi connectivity index (χ2n) is 6.29. The van der Waals surface area contributed by atoms with Crippen LogP contribution in [-0.4, -0.2) is 37.4 Å². The first-order chi connectivity index (χ1) is 11.0. The molecule has 23 heavy (non-hydrogen) atoms. The van der Waals surface area contributed by atoms with Crippen LogP contribution in [-0.2, 0) is 21.1 Å². The van der Waals surface area contributed by atoms with E-state index in [1.165, 1.54) is 10.9 Å². The molecule has 124 valence electrons. The minimum atomic E-state index is -2.87. The minimum absolute atomic E-state index is 0.00846. The molecule has 2 aromatic rings. The number of para-hydroxylation sites is 1. The largest absolute Gasteiger partial charge is 0.361 e. The van der Waals surface area contributed by atoms with E-state index in [9.17, 15) is 13.2 Å². The van der Waals surface area contributed by atoms with Crippen LogP contribution in [0.1, 0.15) is 24.8 Å². The summed E-state index contributed by atoms with van der Waals surface area (Å²) >= 11 is 0. The van der Waals surface area contributed by atoms with Gasteiger partial charge in [0.25, 0.3) is 0 Å². The van der Waals surface area contributed by atoms with Crippen molar-refractivity contribution in [2.45, 2.75) is 25.7 Å². The number of H-pyrrole nitrogens is 1. The Balaban J connectivity index is 1.41. The predicted octanol–water partition coefficient (Wildman–Crippen LogP) is 2.04. The van der Waals surface area contributed by atoms with Gasteiger partial charge in [0.05, 0.1) is 11.5 Å². The SMILES string of the molecule is O=C(CCCc1c[nH]c2ccccc12)NC[C@@H]1CCS(=O)(=O)C1. The standard InChI is InChI=1S/C17H22N2O3S/c20-17(19-10-13-8-9-23(21,22)12-13)7-3-4-14-11-18-16-6-2-1-5-15(14)16/h1-2,5-6,11,13,18H,3-4,7-10,12H2,(H,19,20)/t13-/m0/s1. The Hall–Kier alpha value is -1.82. The van der Waals surface area contributed by atoms with E-state index in [1.807, 2.05) is 24.4 Å². The fraction of sp³-hybridized carbons (Fsp3) is 0.471. The molecule has 1 aliphatic heterocycles. The van der Waals surface area contributed by atoms with Crippen molar-refractivity contribution in [3.05, 3.63) is 36.0 Å². The lowest BCUT2D eigenvalue weighted by Crippen LogP contribution is -2.29. The average Bonchev–Trinajstić information content (AvgIpc) is 3.09. The van der Waals surface area contributed by atoms with Crippen LogP contribution in [0, 0.1) is 5.92 Å². The molecule has 2 heterocycles. The summed E-state index contributed by atoms with van der Waals surface area (Å²) in [5.41, 5.74) is 2.35. The Kier molecular flexibility index (Phi) is 4.71. The highest BCUT2D eigenvalue weighted by atomic mass is 32.2. The number of sulfone groups is 1. The number of amides is 1. The highest BCUT2D eigenvalue weighted by Gasteiger charge is 2.27. The number of fused-ring (bicyclic) bond motifs is 1. The molecular formula is C17H22N2O3S. The number of rotatable bonds is 6. The molecule has 0 spiro atoms. The molecule has 2 N–H and O–H groups in total. The smallest absolute Gasteiger partial charge is 0.220 e. The van der Waals surface area contributed by atoms with E-state index in [4.69, 9.17) is 0 Å². The molecule has 1 aliphatic rings. The lowest BCUT2D eigenvalue weighted by molar-refractivity contribution is -0.121. The number of carbonyl (C=O) groups excluding carboxylic acids is 1. The molecule has 3 rings (SSSR count). The summed E-state index contributed by atoms with van der Waals surface area (Å²) in [6.45, 7) is 0.477. The van der Waals surface area contributed by atoms with Gasteiger partial charge in [-0.25, -0.2) is 8.42 Å². The highest BCUT2D eigenvalue weighted by Crippen LogP contribution is 2.20. The summed E-state index contributed by atoms with van der Waals surface area (Å²) in [4.78, 5) is 15.1. The Labute approximate surface area is 136 Å². The third kappa shape index (κ3) is 4.13. The van der Waals surface area contributed by atoms with Gasteiger partial charge >= 0.3 is 0 Å². The number of aromatic nitrogens is 1. The van der Waals surface area contributed by atoms with Gasteiger partial charge in [-0.1, -0.05) is 18.2 Å². The van der Waals surface area contributed by atoms with Crippen LogP contribution in [0.3, 0.4) is 0 Å². The number of aromatic amines is 1. The Morgan fingerprint density at radius 1 is 1.30 bits per heavy atom. The molecule has 6 heteroatoms. The van der Waals surface area contributed by atoms with Crippen LogP contribution >= 0.6 is 0 Å². The van der Waals surface area contributed by atoms with E-state index in [-0.39, 0.29) is 23.3 Å². The maximum atomic E-state index is 11.9. The molecule has 0 unspecified atom stereocenters. The van der Waals surface area contributed by atoms with Crippen LogP contribution in [0.5, 0.6) is 0 Å². The van der Waals surface area contributed by atoms with Crippen molar-refractivity contribution in [2.75, 3.05) is 18.1 Å². The van der Waals surface area contributed by atoms with Gasteiger partial charge in [0.15, 0.2) is 9.84 Å². The highest BCUT2D eigenvalue weighted by molar-refractivity contribution is 7.91. The Bertz CT molecular complexity index is 795. The monoisotopic (exact) mass is 334 g/mol. The molecule has 1 amide bonds. The van der Waals surface area contributed by atoms with Crippen LogP contribution in [0.2, 0.25) is 0 Å². The first kappa shape index (κ1) is 16.1. The van der Waals surface area contributed by atoms with Gasteiger partial charge in [0, 0.05) is 30.1 Å². The zero-order valence-electron chi connectivity index (χ0n) is 13.0. The normalized spacial score (nSPS) is 19.9. The number of carbonyl (C=O) groups is 1. The first-order valence-corrected chi connectivity index (χ1v) is 9.88. The number of nitrogens with one attached hydrogen (secondary N) is 2. The molecule has 1 aromatic carbocycles. The molecule has 1 fully saturated rings. The van der Waals surface area contributed by atoms with Crippen molar-refractivity contribution < 1.29 is 13.2 Å². The minimum Gasteiger partial charge on any atom is -0.361 e. The van der Waals surface area contributed by atoms with Gasteiger partial charge in [-0.15, -0.1) is 0 Å². The van der Waals surface area contributed by atoms with Gasteiger partial charge in [0.1, 0.15) is 0 Å². The second-order valence-corrected chi connectivity index (χ2v) is 8.51. The topological polar surface area (TPSA) is 79.0 Å². The van der Waals surface area contributed by atoms with Crippen molar-refractivity contribution in [3.8, 4) is 0 Å². The molecule has 0 bridgehead atoms. The summed E-state index contributed by atoms with van der Waals surface area (Å²) in [6, 6.07) is 8.14. The number of hydrogen-bond acceptors (Lipinski definition) is 3. The quantitative estimate of drug-likeness (QED) is 0.848. The average molecular weight is 334 g/mol. The third-order valence-electron chi connectivity index (χ3n) is 4.44. The fourth-order valence-corrected chi connectivity index (χ4v) is 5.02. The van der Waals surface area contributed by atoms with Gasteiger partial charge in [-0.05, 0) is 36.8 Å². The molecule has 1 saturated heterocycles. The maximum Gasteiger partial charge on any atom is 0.220 e. The van der Waals surface area contributed by atoms with Crippen LogP contribution in [0.15, 0.2) is 30.5 Å². The van der Waals surface area contributed by atoms with Gasteiger partial charge in [-0.3, -0.25) is 4.79 Å². The maximum absolute atomic E-state index is 11.9. The Morgan fingerprint density at radius 2 is 2.13 bits per heavy atom. The number of benzene rings is 1. The van der Waals surface area contributed by atoms with Gasteiger partial charge < -0.3 is 10.3 Å². The zero-order chi connectivity index (χ0) is 16.3. The fourth-order valence-electron chi connectivity index (χ4n) is 3.16. The van der Waals surface area contributed by atoms with Gasteiger partial charge in [-0.2, -0.15) is 0 Å². The molecule has 1 aromatic heterocycles. The lowest BCUT2D eigenvalue weighted by Gasteiger charge is -2.09. The summed E-state index contributed by atoms with van der Waals surface area (Å²) in [5.74, 6) is 0.559. The molecule has 1 atom stereocenters. The lowest BCUT2D eigenvalue weighted by atomic mass is 10.1. The summed E-state index contributed by atoms with van der Waals surface area (Å²) in [5, 5.41) is 4.08.